The van der Waals surface area contributed by atoms with Gasteiger partial charge in [0.05, 0.1) is 0 Å². The number of para-hydroxylation sites is 2. The summed E-state index contributed by atoms with van der Waals surface area (Å²) in [5, 5.41) is 0.781. The number of rotatable bonds is 3. The number of thioether (sulfide) groups is 1. The molecular weight excluding hydrogens is 182 g/mol. The SMILES string of the molecule is CCCSc1nc2ccccc2o1. The lowest BCUT2D eigenvalue weighted by atomic mass is 10.3. The van der Waals surface area contributed by atoms with Crippen molar-refractivity contribution in [3.8, 4) is 0 Å². The van der Waals surface area contributed by atoms with Crippen LogP contribution in [0.4, 0.5) is 0 Å². The van der Waals surface area contributed by atoms with Gasteiger partial charge in [0.1, 0.15) is 5.52 Å². The molecule has 0 atom stereocenters. The second-order valence-corrected chi connectivity index (χ2v) is 3.84. The molecule has 0 radical (unpaired) electrons. The Morgan fingerprint density at radius 3 is 3.00 bits per heavy atom. The van der Waals surface area contributed by atoms with Gasteiger partial charge < -0.3 is 4.42 Å². The van der Waals surface area contributed by atoms with Crippen molar-refractivity contribution in [2.24, 2.45) is 0 Å². The summed E-state index contributed by atoms with van der Waals surface area (Å²) in [5.41, 5.74) is 1.82. The normalized spacial score (nSPS) is 10.8. The van der Waals surface area contributed by atoms with Gasteiger partial charge in [-0.15, -0.1) is 0 Å². The first kappa shape index (κ1) is 8.63. The molecule has 3 heteroatoms. The number of nitrogens with zero attached hydrogens (tertiary/aromatic N) is 1. The van der Waals surface area contributed by atoms with E-state index in [0.29, 0.717) is 0 Å². The first-order chi connectivity index (χ1) is 6.40. The zero-order chi connectivity index (χ0) is 9.10. The van der Waals surface area contributed by atoms with E-state index in [2.05, 4.69) is 11.9 Å². The summed E-state index contributed by atoms with van der Waals surface area (Å²) in [6.07, 6.45) is 1.14. The number of benzene rings is 1. The minimum Gasteiger partial charge on any atom is -0.431 e. The number of oxazole rings is 1. The first-order valence-corrected chi connectivity index (χ1v) is 5.37. The predicted molar refractivity (Wildman–Crippen MR) is 55.0 cm³/mol. The molecule has 0 spiro atoms. The van der Waals surface area contributed by atoms with Crippen LogP contribution in [0.15, 0.2) is 33.9 Å². The molecule has 2 aromatic rings. The molecule has 2 nitrogen and oxygen atoms in total. The standard InChI is InChI=1S/C10H11NOS/c1-2-7-13-10-11-8-5-3-4-6-9(8)12-10/h3-6H,2,7H2,1H3. The molecule has 0 N–H and O–H groups in total. The minimum atomic E-state index is 0.781. The summed E-state index contributed by atoms with van der Waals surface area (Å²) < 4.78 is 5.52. The van der Waals surface area contributed by atoms with Gasteiger partial charge in [-0.2, -0.15) is 0 Å². The second-order valence-electron chi connectivity index (χ2n) is 2.80. The fraction of sp³-hybridized carbons (Fsp3) is 0.300. The second kappa shape index (κ2) is 3.83. The molecule has 0 unspecified atom stereocenters. The Morgan fingerprint density at radius 2 is 2.23 bits per heavy atom. The quantitative estimate of drug-likeness (QED) is 0.699. The van der Waals surface area contributed by atoms with Gasteiger partial charge in [0.25, 0.3) is 5.22 Å². The van der Waals surface area contributed by atoms with Crippen molar-refractivity contribution in [2.75, 3.05) is 5.75 Å². The molecule has 1 aromatic carbocycles. The Labute approximate surface area is 81.3 Å². The topological polar surface area (TPSA) is 26.0 Å². The third kappa shape index (κ3) is 1.86. The van der Waals surface area contributed by atoms with E-state index in [1.165, 1.54) is 0 Å². The molecule has 0 aliphatic carbocycles. The van der Waals surface area contributed by atoms with E-state index in [1.807, 2.05) is 24.3 Å². The molecule has 13 heavy (non-hydrogen) atoms. The van der Waals surface area contributed by atoms with Crippen molar-refractivity contribution < 1.29 is 4.42 Å². The van der Waals surface area contributed by atoms with Crippen molar-refractivity contribution in [2.45, 2.75) is 18.6 Å². The summed E-state index contributed by atoms with van der Waals surface area (Å²) >= 11 is 1.67. The molecule has 0 aliphatic heterocycles. The molecule has 68 valence electrons. The van der Waals surface area contributed by atoms with Gasteiger partial charge in [-0.05, 0) is 18.6 Å². The maximum Gasteiger partial charge on any atom is 0.256 e. The maximum atomic E-state index is 5.52. The van der Waals surface area contributed by atoms with Crippen LogP contribution in [0.2, 0.25) is 0 Å². The van der Waals surface area contributed by atoms with Crippen LogP contribution >= 0.6 is 11.8 Å². The van der Waals surface area contributed by atoms with Gasteiger partial charge in [0.15, 0.2) is 5.58 Å². The molecular formula is C10H11NOS. The fourth-order valence-electron chi connectivity index (χ4n) is 1.10. The van der Waals surface area contributed by atoms with Crippen molar-refractivity contribution in [1.82, 2.24) is 4.98 Å². The third-order valence-electron chi connectivity index (χ3n) is 1.70. The highest BCUT2D eigenvalue weighted by molar-refractivity contribution is 7.99. The number of aromatic nitrogens is 1. The van der Waals surface area contributed by atoms with Crippen molar-refractivity contribution >= 4 is 22.9 Å². The minimum absolute atomic E-state index is 0.781. The summed E-state index contributed by atoms with van der Waals surface area (Å²) in [4.78, 5) is 4.35. The van der Waals surface area contributed by atoms with Crippen LogP contribution in [0.1, 0.15) is 13.3 Å². The van der Waals surface area contributed by atoms with E-state index in [-0.39, 0.29) is 0 Å². The van der Waals surface area contributed by atoms with Crippen molar-refractivity contribution in [3.63, 3.8) is 0 Å². The highest BCUT2D eigenvalue weighted by Crippen LogP contribution is 2.23. The molecule has 0 amide bonds. The van der Waals surface area contributed by atoms with E-state index in [1.54, 1.807) is 11.8 Å². The number of hydrogen-bond acceptors (Lipinski definition) is 3. The van der Waals surface area contributed by atoms with Crippen molar-refractivity contribution in [1.29, 1.82) is 0 Å². The summed E-state index contributed by atoms with van der Waals surface area (Å²) in [7, 11) is 0. The monoisotopic (exact) mass is 193 g/mol. The third-order valence-corrected chi connectivity index (χ3v) is 2.74. The van der Waals surface area contributed by atoms with Gasteiger partial charge in [0, 0.05) is 5.75 Å². The van der Waals surface area contributed by atoms with E-state index in [0.717, 1.165) is 28.5 Å². The summed E-state index contributed by atoms with van der Waals surface area (Å²) in [5.74, 6) is 1.06. The zero-order valence-corrected chi connectivity index (χ0v) is 8.30. The van der Waals surface area contributed by atoms with Crippen LogP contribution in [0.25, 0.3) is 11.1 Å². The molecule has 0 saturated heterocycles. The highest BCUT2D eigenvalue weighted by atomic mass is 32.2. The molecule has 1 aromatic heterocycles. The van der Waals surface area contributed by atoms with Crippen LogP contribution < -0.4 is 0 Å². The van der Waals surface area contributed by atoms with Gasteiger partial charge in [-0.3, -0.25) is 0 Å². The first-order valence-electron chi connectivity index (χ1n) is 4.38. The Bertz CT molecular complexity index is 363. The van der Waals surface area contributed by atoms with Crippen molar-refractivity contribution in [3.05, 3.63) is 24.3 Å². The largest absolute Gasteiger partial charge is 0.431 e. The summed E-state index contributed by atoms with van der Waals surface area (Å²) in [6.45, 7) is 2.15. The Morgan fingerprint density at radius 1 is 1.38 bits per heavy atom. The maximum absolute atomic E-state index is 5.52. The summed E-state index contributed by atoms with van der Waals surface area (Å²) in [6, 6.07) is 7.84. The Balaban J connectivity index is 2.28. The highest BCUT2D eigenvalue weighted by Gasteiger charge is 2.03. The molecule has 1 heterocycles. The van der Waals surface area contributed by atoms with Crippen LogP contribution in [0, 0.1) is 0 Å². The Hall–Kier alpha value is -0.960. The zero-order valence-electron chi connectivity index (χ0n) is 7.49. The lowest BCUT2D eigenvalue weighted by Gasteiger charge is -1.88. The molecule has 0 aliphatic rings. The van der Waals surface area contributed by atoms with E-state index in [9.17, 15) is 0 Å². The fourth-order valence-corrected chi connectivity index (χ4v) is 1.79. The molecule has 0 bridgehead atoms. The molecule has 0 fully saturated rings. The molecule has 2 rings (SSSR count). The van der Waals surface area contributed by atoms with Crippen LogP contribution in [-0.4, -0.2) is 10.7 Å². The number of fused-ring (bicyclic) bond motifs is 1. The lowest BCUT2D eigenvalue weighted by Crippen LogP contribution is -1.73. The van der Waals surface area contributed by atoms with Gasteiger partial charge in [-0.1, -0.05) is 30.8 Å². The lowest BCUT2D eigenvalue weighted by molar-refractivity contribution is 0.489. The van der Waals surface area contributed by atoms with E-state index >= 15 is 0 Å². The Kier molecular flexibility index (Phi) is 2.54. The van der Waals surface area contributed by atoms with Crippen LogP contribution in [0.5, 0.6) is 0 Å². The number of hydrogen-bond donors (Lipinski definition) is 0. The average Bonchev–Trinajstić information content (AvgIpc) is 2.57. The van der Waals surface area contributed by atoms with Gasteiger partial charge >= 0.3 is 0 Å². The van der Waals surface area contributed by atoms with E-state index < -0.39 is 0 Å². The average molecular weight is 193 g/mol. The van der Waals surface area contributed by atoms with E-state index in [4.69, 9.17) is 4.42 Å². The molecule has 0 saturated carbocycles. The predicted octanol–water partition coefficient (Wildman–Crippen LogP) is 3.33. The van der Waals surface area contributed by atoms with Crippen LogP contribution in [-0.2, 0) is 0 Å². The van der Waals surface area contributed by atoms with Gasteiger partial charge in [-0.25, -0.2) is 4.98 Å². The smallest absolute Gasteiger partial charge is 0.256 e. The van der Waals surface area contributed by atoms with Gasteiger partial charge in [0.2, 0.25) is 0 Å². The van der Waals surface area contributed by atoms with Crippen LogP contribution in [0.3, 0.4) is 0 Å².